The van der Waals surface area contributed by atoms with E-state index in [0.717, 1.165) is 51.6 Å². The van der Waals surface area contributed by atoms with Crippen LogP contribution in [-0.4, -0.2) is 31.4 Å². The normalized spacial score (nSPS) is 12.2. The minimum absolute atomic E-state index is 0.0141. The molecule has 5 rings (SSSR count). The molecule has 7 nitrogen and oxygen atoms in total. The SMILES string of the molecule is CC(=O)CCC(=O)Nc1nc2c(s1)-c1c(c(-c3cccnc3)nn1-c1ccccc1Cl)CC2. The Kier molecular flexibility index (Phi) is 5.78. The number of amides is 1. The minimum Gasteiger partial charge on any atom is -0.302 e. The molecule has 3 aromatic heterocycles. The number of rotatable bonds is 6. The van der Waals surface area contributed by atoms with Gasteiger partial charge in [-0.25, -0.2) is 9.67 Å². The highest BCUT2D eigenvalue weighted by Crippen LogP contribution is 2.44. The summed E-state index contributed by atoms with van der Waals surface area (Å²) < 4.78 is 1.87. The summed E-state index contributed by atoms with van der Waals surface area (Å²) in [7, 11) is 0. The summed E-state index contributed by atoms with van der Waals surface area (Å²) in [5, 5.41) is 8.92. The molecule has 0 saturated heterocycles. The van der Waals surface area contributed by atoms with Gasteiger partial charge in [0.25, 0.3) is 0 Å². The van der Waals surface area contributed by atoms with Crippen molar-refractivity contribution < 1.29 is 9.59 Å². The number of hydrogen-bond acceptors (Lipinski definition) is 6. The summed E-state index contributed by atoms with van der Waals surface area (Å²) in [6, 6.07) is 11.5. The smallest absolute Gasteiger partial charge is 0.226 e. The second-order valence-corrected chi connectivity index (χ2v) is 9.23. The molecule has 1 aromatic carbocycles. The number of nitrogens with zero attached hydrogens (tertiary/aromatic N) is 4. The highest BCUT2D eigenvalue weighted by atomic mass is 35.5. The van der Waals surface area contributed by atoms with Gasteiger partial charge in [0.2, 0.25) is 5.91 Å². The van der Waals surface area contributed by atoms with Crippen molar-refractivity contribution in [1.29, 1.82) is 0 Å². The Morgan fingerprint density at radius 2 is 2.00 bits per heavy atom. The number of fused-ring (bicyclic) bond motifs is 3. The number of carbonyl (C=O) groups excluding carboxylic acids is 2. The molecule has 1 amide bonds. The molecular formula is C24H20ClN5O2S. The van der Waals surface area contributed by atoms with E-state index in [-0.39, 0.29) is 24.5 Å². The second-order valence-electron chi connectivity index (χ2n) is 7.83. The Morgan fingerprint density at radius 1 is 1.15 bits per heavy atom. The molecule has 0 aliphatic heterocycles. The summed E-state index contributed by atoms with van der Waals surface area (Å²) in [5.41, 5.74) is 5.53. The monoisotopic (exact) mass is 477 g/mol. The van der Waals surface area contributed by atoms with Crippen LogP contribution in [0.3, 0.4) is 0 Å². The van der Waals surface area contributed by atoms with E-state index in [2.05, 4.69) is 15.3 Å². The van der Waals surface area contributed by atoms with Crippen molar-refractivity contribution in [3.8, 4) is 27.5 Å². The van der Waals surface area contributed by atoms with Crippen LogP contribution in [0.1, 0.15) is 31.0 Å². The lowest BCUT2D eigenvalue weighted by Gasteiger charge is -2.14. The fraction of sp³-hybridized carbons (Fsp3) is 0.208. The van der Waals surface area contributed by atoms with Crippen molar-refractivity contribution in [2.24, 2.45) is 0 Å². The zero-order valence-corrected chi connectivity index (χ0v) is 19.4. The van der Waals surface area contributed by atoms with Crippen molar-refractivity contribution in [1.82, 2.24) is 19.7 Å². The number of halogens is 1. The molecule has 3 heterocycles. The topological polar surface area (TPSA) is 89.8 Å². The van der Waals surface area contributed by atoms with Crippen molar-refractivity contribution in [3.05, 3.63) is 65.1 Å². The number of hydrogen-bond donors (Lipinski definition) is 1. The number of Topliss-reactive ketones (excluding diaryl/α,β-unsaturated/α-hetero) is 1. The van der Waals surface area contributed by atoms with Gasteiger partial charge in [0.1, 0.15) is 5.78 Å². The first kappa shape index (κ1) is 21.5. The number of para-hydroxylation sites is 1. The molecule has 1 aliphatic carbocycles. The molecular weight excluding hydrogens is 458 g/mol. The second kappa shape index (κ2) is 8.88. The number of anilines is 1. The molecule has 0 radical (unpaired) electrons. The Hall–Kier alpha value is -3.36. The van der Waals surface area contributed by atoms with Crippen LogP contribution < -0.4 is 5.32 Å². The molecule has 1 N–H and O–H groups in total. The molecule has 4 aromatic rings. The zero-order valence-electron chi connectivity index (χ0n) is 17.8. The number of carbonyl (C=O) groups is 2. The first-order chi connectivity index (χ1) is 16.0. The van der Waals surface area contributed by atoms with Crippen LogP contribution in [-0.2, 0) is 22.4 Å². The lowest BCUT2D eigenvalue weighted by molar-refractivity contribution is -0.121. The van der Waals surface area contributed by atoms with Crippen LogP contribution in [0.25, 0.3) is 27.5 Å². The highest BCUT2D eigenvalue weighted by Gasteiger charge is 2.30. The average Bonchev–Trinajstić information content (AvgIpc) is 3.39. The third-order valence-electron chi connectivity index (χ3n) is 5.47. The van der Waals surface area contributed by atoms with Crippen LogP contribution >= 0.6 is 22.9 Å². The van der Waals surface area contributed by atoms with Gasteiger partial charge in [-0.3, -0.25) is 9.78 Å². The quantitative estimate of drug-likeness (QED) is 0.416. The van der Waals surface area contributed by atoms with Gasteiger partial charge >= 0.3 is 0 Å². The summed E-state index contributed by atoms with van der Waals surface area (Å²) >= 11 is 7.96. The van der Waals surface area contributed by atoms with Gasteiger partial charge in [-0.2, -0.15) is 5.10 Å². The molecule has 0 bridgehead atoms. The van der Waals surface area contributed by atoms with Gasteiger partial charge in [0.15, 0.2) is 5.13 Å². The van der Waals surface area contributed by atoms with Crippen molar-refractivity contribution in [2.75, 3.05) is 5.32 Å². The van der Waals surface area contributed by atoms with E-state index in [4.69, 9.17) is 16.7 Å². The number of aromatic nitrogens is 4. The first-order valence-corrected chi connectivity index (χ1v) is 11.8. The average molecular weight is 478 g/mol. The molecule has 0 spiro atoms. The van der Waals surface area contributed by atoms with E-state index in [1.165, 1.54) is 18.3 Å². The van der Waals surface area contributed by atoms with Gasteiger partial charge in [0.05, 0.1) is 32.7 Å². The predicted molar refractivity (Wildman–Crippen MR) is 129 cm³/mol. The molecule has 0 atom stereocenters. The number of aryl methyl sites for hydroxylation is 1. The number of pyridine rings is 1. The molecule has 1 aliphatic rings. The summed E-state index contributed by atoms with van der Waals surface area (Å²) in [6.45, 7) is 1.48. The molecule has 9 heteroatoms. The predicted octanol–water partition coefficient (Wildman–Crippen LogP) is 5.12. The molecule has 166 valence electrons. The van der Waals surface area contributed by atoms with Crippen molar-refractivity contribution in [2.45, 2.75) is 32.6 Å². The fourth-order valence-electron chi connectivity index (χ4n) is 3.93. The Bertz CT molecular complexity index is 1360. The van der Waals surface area contributed by atoms with Crippen LogP contribution in [0.15, 0.2) is 48.8 Å². The summed E-state index contributed by atoms with van der Waals surface area (Å²) in [6.07, 6.45) is 5.41. The Labute approximate surface area is 199 Å². The Morgan fingerprint density at radius 3 is 2.76 bits per heavy atom. The Balaban J connectivity index is 1.61. The zero-order chi connectivity index (χ0) is 22.9. The van der Waals surface area contributed by atoms with Crippen molar-refractivity contribution in [3.63, 3.8) is 0 Å². The van der Waals surface area contributed by atoms with E-state index < -0.39 is 0 Å². The third-order valence-corrected chi connectivity index (χ3v) is 6.81. The summed E-state index contributed by atoms with van der Waals surface area (Å²) in [5.74, 6) is -0.230. The van der Waals surface area contributed by atoms with E-state index in [1.807, 2.05) is 47.3 Å². The van der Waals surface area contributed by atoms with E-state index in [0.29, 0.717) is 10.2 Å². The standard InChI is InChI=1S/C24H20ClN5O2S/c1-14(31)8-11-20(32)28-24-27-18-10-9-16-21(15-5-4-12-26-13-15)29-30(22(16)23(18)33-24)19-7-3-2-6-17(19)25/h2-7,12-13H,8-11H2,1H3,(H,27,28,32). The fourth-order valence-corrected chi connectivity index (χ4v) is 5.23. The van der Waals surface area contributed by atoms with Gasteiger partial charge in [-0.05, 0) is 44.0 Å². The van der Waals surface area contributed by atoms with Crippen LogP contribution in [0.2, 0.25) is 5.02 Å². The van der Waals surface area contributed by atoms with Crippen LogP contribution in [0.4, 0.5) is 5.13 Å². The maximum Gasteiger partial charge on any atom is 0.226 e. The maximum atomic E-state index is 12.3. The van der Waals surface area contributed by atoms with Gasteiger partial charge in [0, 0.05) is 36.4 Å². The molecule has 33 heavy (non-hydrogen) atoms. The molecule has 0 saturated carbocycles. The number of ketones is 1. The number of benzene rings is 1. The third kappa shape index (κ3) is 4.19. The molecule has 0 fully saturated rings. The maximum absolute atomic E-state index is 12.3. The van der Waals surface area contributed by atoms with Crippen molar-refractivity contribution >= 4 is 39.8 Å². The van der Waals surface area contributed by atoms with Crippen LogP contribution in [0.5, 0.6) is 0 Å². The highest BCUT2D eigenvalue weighted by molar-refractivity contribution is 7.19. The number of nitrogens with one attached hydrogen (secondary N) is 1. The van der Waals surface area contributed by atoms with Gasteiger partial charge in [-0.15, -0.1) is 0 Å². The van der Waals surface area contributed by atoms with E-state index in [1.54, 1.807) is 6.20 Å². The molecule has 0 unspecified atom stereocenters. The van der Waals surface area contributed by atoms with Gasteiger partial charge < -0.3 is 10.1 Å². The van der Waals surface area contributed by atoms with E-state index >= 15 is 0 Å². The van der Waals surface area contributed by atoms with Crippen LogP contribution in [0, 0.1) is 0 Å². The lowest BCUT2D eigenvalue weighted by atomic mass is 9.95. The summed E-state index contributed by atoms with van der Waals surface area (Å²) in [4.78, 5) is 33.4. The van der Waals surface area contributed by atoms with E-state index in [9.17, 15) is 9.59 Å². The minimum atomic E-state index is -0.216. The number of thiazole rings is 1. The lowest BCUT2D eigenvalue weighted by Crippen LogP contribution is -2.12. The van der Waals surface area contributed by atoms with Gasteiger partial charge in [-0.1, -0.05) is 35.1 Å². The first-order valence-electron chi connectivity index (χ1n) is 10.6. The largest absolute Gasteiger partial charge is 0.302 e.